The Labute approximate surface area is 137 Å². The Bertz CT molecular complexity index is 921. The number of aromatic nitrogens is 1. The molecule has 0 saturated carbocycles. The number of carbonyl (C=O) groups is 2. The Hall–Kier alpha value is -2.23. The number of benzene rings is 1. The van der Waals surface area contributed by atoms with Crippen LogP contribution >= 0.6 is 22.6 Å². The van der Waals surface area contributed by atoms with E-state index in [-0.39, 0.29) is 16.9 Å². The molecular weight excluding hydrogens is 404 g/mol. The van der Waals surface area contributed by atoms with Crippen LogP contribution in [-0.4, -0.2) is 16.4 Å². The van der Waals surface area contributed by atoms with Gasteiger partial charge < -0.3 is 5.73 Å². The van der Waals surface area contributed by atoms with Crippen molar-refractivity contribution in [2.45, 2.75) is 6.92 Å². The largest absolute Gasteiger partial charge is 0.384 e. The van der Waals surface area contributed by atoms with Gasteiger partial charge in [-0.15, -0.1) is 0 Å². The number of halogens is 2. The van der Waals surface area contributed by atoms with Gasteiger partial charge >= 0.3 is 0 Å². The standard InChI is InChI=1S/C14H9FIN3O3/c1-5-7(15)2-3-8(11(5)16)19-9(20)4-6-10(12(19)17)14(22)18-13(6)21/h2-4H,17H2,1H3,(H,18,21,22). The lowest BCUT2D eigenvalue weighted by Gasteiger charge is -2.14. The number of nitrogens with one attached hydrogen (secondary N) is 1. The second kappa shape index (κ2) is 4.90. The predicted molar refractivity (Wildman–Crippen MR) is 85.7 cm³/mol. The fourth-order valence-corrected chi connectivity index (χ4v) is 3.03. The van der Waals surface area contributed by atoms with Gasteiger partial charge in [0.15, 0.2) is 0 Å². The van der Waals surface area contributed by atoms with E-state index in [1.807, 2.05) is 22.6 Å². The molecule has 0 unspecified atom stereocenters. The fourth-order valence-electron chi connectivity index (χ4n) is 2.35. The van der Waals surface area contributed by atoms with Gasteiger partial charge in [0.2, 0.25) is 0 Å². The van der Waals surface area contributed by atoms with Crippen LogP contribution < -0.4 is 16.6 Å². The van der Waals surface area contributed by atoms with Crippen LogP contribution in [0.25, 0.3) is 5.69 Å². The van der Waals surface area contributed by atoms with Crippen molar-refractivity contribution in [3.8, 4) is 5.69 Å². The Balaban J connectivity index is 2.38. The Morgan fingerprint density at radius 1 is 1.23 bits per heavy atom. The maximum Gasteiger partial charge on any atom is 0.262 e. The van der Waals surface area contributed by atoms with Crippen LogP contribution in [0.2, 0.25) is 0 Å². The van der Waals surface area contributed by atoms with E-state index >= 15 is 0 Å². The summed E-state index contributed by atoms with van der Waals surface area (Å²) in [5.41, 5.74) is 6.01. The van der Waals surface area contributed by atoms with Crippen LogP contribution in [0.15, 0.2) is 23.0 Å². The maximum atomic E-state index is 13.6. The molecule has 1 aromatic carbocycles. The minimum atomic E-state index is -0.653. The van der Waals surface area contributed by atoms with E-state index in [0.29, 0.717) is 14.8 Å². The van der Waals surface area contributed by atoms with Crippen LogP contribution in [-0.2, 0) is 0 Å². The van der Waals surface area contributed by atoms with E-state index in [1.54, 1.807) is 6.92 Å². The van der Waals surface area contributed by atoms with Crippen molar-refractivity contribution in [1.29, 1.82) is 0 Å². The molecule has 3 N–H and O–H groups in total. The highest BCUT2D eigenvalue weighted by Gasteiger charge is 2.32. The average molecular weight is 413 g/mol. The predicted octanol–water partition coefficient (Wildman–Crippen LogP) is 1.36. The van der Waals surface area contributed by atoms with Gasteiger partial charge in [-0.1, -0.05) is 0 Å². The summed E-state index contributed by atoms with van der Waals surface area (Å²) in [4.78, 5) is 35.7. The van der Waals surface area contributed by atoms with Crippen molar-refractivity contribution in [1.82, 2.24) is 9.88 Å². The molecule has 1 aliphatic heterocycles. The lowest BCUT2D eigenvalue weighted by atomic mass is 10.1. The zero-order valence-corrected chi connectivity index (χ0v) is 13.4. The monoisotopic (exact) mass is 413 g/mol. The molecule has 8 heteroatoms. The molecule has 0 bridgehead atoms. The normalized spacial score (nSPS) is 13.2. The second-order valence-corrected chi connectivity index (χ2v) is 5.86. The molecule has 22 heavy (non-hydrogen) atoms. The number of nitrogen functional groups attached to an aromatic ring is 1. The van der Waals surface area contributed by atoms with E-state index in [0.717, 1.165) is 10.6 Å². The summed E-state index contributed by atoms with van der Waals surface area (Å²) in [6.07, 6.45) is 0. The van der Waals surface area contributed by atoms with Crippen LogP contribution in [0.3, 0.4) is 0 Å². The summed E-state index contributed by atoms with van der Waals surface area (Å²) in [5, 5.41) is 2.09. The number of hydrogen-bond acceptors (Lipinski definition) is 4. The third-order valence-electron chi connectivity index (χ3n) is 3.49. The summed E-state index contributed by atoms with van der Waals surface area (Å²) in [5.74, 6) is -1.86. The quantitative estimate of drug-likeness (QED) is 0.546. The average Bonchev–Trinajstić information content (AvgIpc) is 2.73. The lowest BCUT2D eigenvalue weighted by Crippen LogP contribution is -2.25. The van der Waals surface area contributed by atoms with Gasteiger partial charge in [0.1, 0.15) is 11.6 Å². The summed E-state index contributed by atoms with van der Waals surface area (Å²) in [7, 11) is 0. The third-order valence-corrected chi connectivity index (χ3v) is 4.86. The maximum absolute atomic E-state index is 13.6. The first-order valence-electron chi connectivity index (χ1n) is 6.19. The molecule has 0 spiro atoms. The van der Waals surface area contributed by atoms with Crippen LogP contribution in [0.4, 0.5) is 10.2 Å². The summed E-state index contributed by atoms with van der Waals surface area (Å²) < 4.78 is 15.2. The minimum absolute atomic E-state index is 0.0395. The van der Waals surface area contributed by atoms with Gasteiger partial charge in [-0.05, 0) is 41.6 Å². The number of rotatable bonds is 1. The van der Waals surface area contributed by atoms with Gasteiger partial charge in [0.25, 0.3) is 17.4 Å². The highest BCUT2D eigenvalue weighted by molar-refractivity contribution is 14.1. The van der Waals surface area contributed by atoms with E-state index in [1.165, 1.54) is 12.1 Å². The van der Waals surface area contributed by atoms with Crippen molar-refractivity contribution in [3.63, 3.8) is 0 Å². The number of imide groups is 1. The number of nitrogens with zero attached hydrogens (tertiary/aromatic N) is 1. The fraction of sp³-hybridized carbons (Fsp3) is 0.0714. The first-order valence-corrected chi connectivity index (χ1v) is 7.27. The number of carbonyl (C=O) groups excluding carboxylic acids is 2. The number of pyridine rings is 1. The zero-order valence-electron chi connectivity index (χ0n) is 11.2. The highest BCUT2D eigenvalue weighted by Crippen LogP contribution is 2.27. The molecule has 6 nitrogen and oxygen atoms in total. The molecule has 2 heterocycles. The summed E-state index contributed by atoms with van der Waals surface area (Å²) >= 11 is 1.90. The van der Waals surface area contributed by atoms with Gasteiger partial charge in [-0.25, -0.2) is 4.39 Å². The molecule has 0 fully saturated rings. The van der Waals surface area contributed by atoms with E-state index in [9.17, 15) is 18.8 Å². The SMILES string of the molecule is Cc1c(F)ccc(-n2c(N)c3c(cc2=O)C(=O)NC3=O)c1I. The number of amides is 2. The molecule has 2 amide bonds. The highest BCUT2D eigenvalue weighted by atomic mass is 127. The molecule has 0 atom stereocenters. The third kappa shape index (κ3) is 1.94. The van der Waals surface area contributed by atoms with Gasteiger partial charge in [-0.2, -0.15) is 0 Å². The Morgan fingerprint density at radius 2 is 1.91 bits per heavy atom. The number of anilines is 1. The molecule has 0 saturated heterocycles. The molecular formula is C14H9FIN3O3. The topological polar surface area (TPSA) is 94.2 Å². The van der Waals surface area contributed by atoms with Crippen LogP contribution in [0.1, 0.15) is 26.3 Å². The molecule has 112 valence electrons. The van der Waals surface area contributed by atoms with E-state index in [4.69, 9.17) is 5.73 Å². The molecule has 0 radical (unpaired) electrons. The van der Waals surface area contributed by atoms with Gasteiger partial charge in [0, 0.05) is 15.2 Å². The lowest BCUT2D eigenvalue weighted by molar-refractivity contribution is 0.0880. The van der Waals surface area contributed by atoms with E-state index < -0.39 is 23.2 Å². The van der Waals surface area contributed by atoms with E-state index in [2.05, 4.69) is 5.32 Å². The molecule has 2 aromatic rings. The first kappa shape index (κ1) is 14.7. The van der Waals surface area contributed by atoms with Crippen molar-refractivity contribution >= 4 is 40.2 Å². The smallest absolute Gasteiger partial charge is 0.262 e. The summed E-state index contributed by atoms with van der Waals surface area (Å²) in [6, 6.07) is 3.68. The van der Waals surface area contributed by atoms with Crippen LogP contribution in [0.5, 0.6) is 0 Å². The Morgan fingerprint density at radius 3 is 2.59 bits per heavy atom. The van der Waals surface area contributed by atoms with Crippen molar-refractivity contribution in [2.75, 3.05) is 5.73 Å². The first-order chi connectivity index (χ1) is 10.3. The molecule has 1 aliphatic rings. The second-order valence-electron chi connectivity index (χ2n) is 4.78. The number of hydrogen-bond donors (Lipinski definition) is 2. The summed E-state index contributed by atoms with van der Waals surface area (Å²) in [6.45, 7) is 1.57. The zero-order chi connectivity index (χ0) is 16.2. The van der Waals surface area contributed by atoms with Gasteiger partial charge in [0.05, 0.1) is 16.8 Å². The molecule has 3 rings (SSSR count). The number of fused-ring (bicyclic) bond motifs is 1. The van der Waals surface area contributed by atoms with Crippen molar-refractivity contribution < 1.29 is 14.0 Å². The van der Waals surface area contributed by atoms with Crippen LogP contribution in [0, 0.1) is 16.3 Å². The van der Waals surface area contributed by atoms with Gasteiger partial charge in [-0.3, -0.25) is 24.3 Å². The van der Waals surface area contributed by atoms with Crippen molar-refractivity contribution in [2.24, 2.45) is 0 Å². The molecule has 0 aliphatic carbocycles. The molecule has 1 aromatic heterocycles. The number of nitrogens with two attached hydrogens (primary N) is 1. The Kier molecular flexibility index (Phi) is 3.28. The minimum Gasteiger partial charge on any atom is -0.384 e. The van der Waals surface area contributed by atoms with Crippen molar-refractivity contribution in [3.05, 3.63) is 54.6 Å².